The van der Waals surface area contributed by atoms with E-state index in [2.05, 4.69) is 12.1 Å². The number of nitrogens with zero attached hydrogens (tertiary/aromatic N) is 1. The van der Waals surface area contributed by atoms with Crippen molar-refractivity contribution in [2.45, 2.75) is 52.0 Å². The highest BCUT2D eigenvalue weighted by molar-refractivity contribution is 5.83. The van der Waals surface area contributed by atoms with Gasteiger partial charge in [0.05, 0.1) is 6.42 Å². The van der Waals surface area contributed by atoms with Crippen molar-refractivity contribution < 1.29 is 14.7 Å². The zero-order valence-corrected chi connectivity index (χ0v) is 13.0. The summed E-state index contributed by atoms with van der Waals surface area (Å²) in [6.45, 7) is 5.32. The number of amides is 1. The number of aryl methyl sites for hydroxylation is 2. The maximum absolute atomic E-state index is 12.5. The average molecular weight is 289 g/mol. The van der Waals surface area contributed by atoms with E-state index in [0.717, 1.165) is 18.4 Å². The van der Waals surface area contributed by atoms with Gasteiger partial charge in [0.15, 0.2) is 0 Å². The van der Waals surface area contributed by atoms with Gasteiger partial charge in [0.25, 0.3) is 0 Å². The minimum atomic E-state index is -0.979. The molecule has 0 bridgehead atoms. The van der Waals surface area contributed by atoms with Crippen LogP contribution in [0.1, 0.15) is 43.9 Å². The molecular weight excluding hydrogens is 266 g/mol. The number of hydrogen-bond acceptors (Lipinski definition) is 2. The van der Waals surface area contributed by atoms with E-state index in [4.69, 9.17) is 5.11 Å². The summed E-state index contributed by atoms with van der Waals surface area (Å²) in [5, 5.41) is 9.00. The molecule has 4 heteroatoms. The van der Waals surface area contributed by atoms with Crippen LogP contribution in [0.2, 0.25) is 0 Å². The Morgan fingerprint density at radius 2 is 1.86 bits per heavy atom. The number of benzene rings is 1. The maximum Gasteiger partial charge on any atom is 0.323 e. The number of fused-ring (bicyclic) bond motifs is 1. The van der Waals surface area contributed by atoms with Crippen molar-refractivity contribution in [3.63, 3.8) is 0 Å². The largest absolute Gasteiger partial charge is 0.480 e. The average Bonchev–Trinajstić information content (AvgIpc) is 2.81. The highest BCUT2D eigenvalue weighted by atomic mass is 16.4. The molecule has 4 nitrogen and oxygen atoms in total. The minimum Gasteiger partial charge on any atom is -0.480 e. The van der Waals surface area contributed by atoms with Gasteiger partial charge in [0.1, 0.15) is 6.54 Å². The van der Waals surface area contributed by atoms with Crippen LogP contribution in [0, 0.1) is 0 Å². The molecule has 114 valence electrons. The van der Waals surface area contributed by atoms with E-state index >= 15 is 0 Å². The Morgan fingerprint density at radius 1 is 1.19 bits per heavy atom. The van der Waals surface area contributed by atoms with Gasteiger partial charge in [-0.15, -0.1) is 0 Å². The summed E-state index contributed by atoms with van der Waals surface area (Å²) in [6.07, 6.45) is 3.64. The van der Waals surface area contributed by atoms with E-state index in [1.807, 2.05) is 26.8 Å². The zero-order valence-electron chi connectivity index (χ0n) is 13.0. The van der Waals surface area contributed by atoms with Crippen LogP contribution in [-0.4, -0.2) is 34.0 Å². The van der Waals surface area contributed by atoms with Gasteiger partial charge in [-0.3, -0.25) is 9.59 Å². The molecule has 1 amide bonds. The van der Waals surface area contributed by atoms with Gasteiger partial charge in [0.2, 0.25) is 5.91 Å². The summed E-state index contributed by atoms with van der Waals surface area (Å²) in [6, 6.07) is 6.19. The van der Waals surface area contributed by atoms with Crippen LogP contribution < -0.4 is 0 Å². The molecule has 0 saturated heterocycles. The predicted molar refractivity (Wildman–Crippen MR) is 81.3 cm³/mol. The van der Waals surface area contributed by atoms with Crippen LogP contribution >= 0.6 is 0 Å². The molecule has 0 unspecified atom stereocenters. The molecule has 1 aromatic carbocycles. The van der Waals surface area contributed by atoms with Gasteiger partial charge in [-0.2, -0.15) is 0 Å². The Kier molecular flexibility index (Phi) is 4.35. The van der Waals surface area contributed by atoms with Gasteiger partial charge >= 0.3 is 5.97 Å². The second-order valence-corrected chi connectivity index (χ2v) is 6.68. The lowest BCUT2D eigenvalue weighted by atomic mass is 10.0. The van der Waals surface area contributed by atoms with E-state index in [9.17, 15) is 9.59 Å². The Morgan fingerprint density at radius 3 is 2.48 bits per heavy atom. The van der Waals surface area contributed by atoms with Gasteiger partial charge in [0, 0.05) is 5.54 Å². The van der Waals surface area contributed by atoms with Crippen molar-refractivity contribution >= 4 is 11.9 Å². The van der Waals surface area contributed by atoms with E-state index in [1.54, 1.807) is 0 Å². The van der Waals surface area contributed by atoms with Crippen molar-refractivity contribution in [2.24, 2.45) is 0 Å². The van der Waals surface area contributed by atoms with Gasteiger partial charge < -0.3 is 10.0 Å². The quantitative estimate of drug-likeness (QED) is 0.926. The van der Waals surface area contributed by atoms with Crippen molar-refractivity contribution in [1.82, 2.24) is 4.90 Å². The second-order valence-electron chi connectivity index (χ2n) is 6.68. The summed E-state index contributed by atoms with van der Waals surface area (Å²) in [7, 11) is 0. The monoisotopic (exact) mass is 289 g/mol. The lowest BCUT2D eigenvalue weighted by molar-refractivity contribution is -0.147. The lowest BCUT2D eigenvalue weighted by Gasteiger charge is -2.34. The fourth-order valence-corrected chi connectivity index (χ4v) is 2.84. The molecular formula is C17H23NO3. The van der Waals surface area contributed by atoms with Gasteiger partial charge in [-0.25, -0.2) is 0 Å². The van der Waals surface area contributed by atoms with E-state index in [1.165, 1.54) is 22.4 Å². The van der Waals surface area contributed by atoms with Crippen LogP contribution in [0.25, 0.3) is 0 Å². The first-order valence-electron chi connectivity index (χ1n) is 7.40. The SMILES string of the molecule is CC(C)(C)N(CC(=O)O)C(=O)Cc1ccc2c(c1)CCC2. The summed E-state index contributed by atoms with van der Waals surface area (Å²) in [4.78, 5) is 24.9. The van der Waals surface area contributed by atoms with Crippen molar-refractivity contribution in [2.75, 3.05) is 6.54 Å². The van der Waals surface area contributed by atoms with E-state index in [-0.39, 0.29) is 18.9 Å². The second kappa shape index (κ2) is 5.88. The first-order chi connectivity index (χ1) is 9.77. The Labute approximate surface area is 125 Å². The molecule has 0 saturated carbocycles. The van der Waals surface area contributed by atoms with Crippen molar-refractivity contribution in [3.05, 3.63) is 34.9 Å². The van der Waals surface area contributed by atoms with Gasteiger partial charge in [-0.05, 0) is 56.7 Å². The summed E-state index contributed by atoms with van der Waals surface area (Å²) in [5.74, 6) is -1.12. The Hall–Kier alpha value is -1.84. The third kappa shape index (κ3) is 3.84. The molecule has 2 rings (SSSR count). The van der Waals surface area contributed by atoms with Crippen molar-refractivity contribution in [1.29, 1.82) is 0 Å². The number of aliphatic carboxylic acids is 1. The smallest absolute Gasteiger partial charge is 0.323 e. The summed E-state index contributed by atoms with van der Waals surface area (Å²) in [5.41, 5.74) is 3.19. The number of carboxylic acid groups (broad SMARTS) is 1. The third-order valence-electron chi connectivity index (χ3n) is 3.92. The van der Waals surface area contributed by atoms with E-state index < -0.39 is 11.5 Å². The number of carboxylic acids is 1. The number of carbonyl (C=O) groups excluding carboxylic acids is 1. The molecule has 0 aliphatic heterocycles. The Balaban J connectivity index is 2.13. The minimum absolute atomic E-state index is 0.136. The highest BCUT2D eigenvalue weighted by Gasteiger charge is 2.28. The molecule has 0 radical (unpaired) electrons. The van der Waals surface area contributed by atoms with E-state index in [0.29, 0.717) is 0 Å². The van der Waals surface area contributed by atoms with Crippen LogP contribution in [0.3, 0.4) is 0 Å². The van der Waals surface area contributed by atoms with Crippen LogP contribution in [0.15, 0.2) is 18.2 Å². The molecule has 0 aromatic heterocycles. The number of hydrogen-bond donors (Lipinski definition) is 1. The molecule has 0 atom stereocenters. The normalized spacial score (nSPS) is 13.9. The summed E-state index contributed by atoms with van der Waals surface area (Å²) >= 11 is 0. The van der Waals surface area contributed by atoms with Crippen LogP contribution in [0.4, 0.5) is 0 Å². The number of carbonyl (C=O) groups is 2. The molecule has 1 aliphatic rings. The molecule has 0 heterocycles. The number of rotatable bonds is 4. The molecule has 1 N–H and O–H groups in total. The van der Waals surface area contributed by atoms with Crippen LogP contribution in [0.5, 0.6) is 0 Å². The molecule has 1 aromatic rings. The lowest BCUT2D eigenvalue weighted by Crippen LogP contribution is -2.48. The zero-order chi connectivity index (χ0) is 15.6. The molecule has 21 heavy (non-hydrogen) atoms. The third-order valence-corrected chi connectivity index (χ3v) is 3.92. The first kappa shape index (κ1) is 15.5. The molecule has 0 spiro atoms. The topological polar surface area (TPSA) is 57.6 Å². The molecule has 1 aliphatic carbocycles. The fourth-order valence-electron chi connectivity index (χ4n) is 2.84. The fraction of sp³-hybridized carbons (Fsp3) is 0.529. The maximum atomic E-state index is 12.5. The summed E-state index contributed by atoms with van der Waals surface area (Å²) < 4.78 is 0. The standard InChI is InChI=1S/C17H23NO3/c1-17(2,3)18(11-16(20)21)15(19)10-12-7-8-13-5-4-6-14(13)9-12/h7-9H,4-6,10-11H2,1-3H3,(H,20,21). The predicted octanol–water partition coefficient (Wildman–Crippen LogP) is 2.43. The Bertz CT molecular complexity index is 558. The first-order valence-corrected chi connectivity index (χ1v) is 7.40. The molecule has 0 fully saturated rings. The van der Waals surface area contributed by atoms with Crippen molar-refractivity contribution in [3.8, 4) is 0 Å². The van der Waals surface area contributed by atoms with Crippen LogP contribution in [-0.2, 0) is 28.9 Å². The van der Waals surface area contributed by atoms with Gasteiger partial charge in [-0.1, -0.05) is 18.2 Å². The highest BCUT2D eigenvalue weighted by Crippen LogP contribution is 2.23.